The van der Waals surface area contributed by atoms with Gasteiger partial charge in [0.1, 0.15) is 30.0 Å². The SMILES string of the molecule is CC(C)Nc1cc(NC(=O)N2CCCc3cc(CN4CCOCC4=O)c(C=O)nc32)ncc1C#N. The number of fused-ring (bicyclic) bond motifs is 1. The molecule has 2 aliphatic rings. The number of carbonyl (C=O) groups is 3. The molecule has 4 rings (SSSR count). The maximum atomic E-state index is 13.2. The topological polar surface area (TPSA) is 141 Å². The molecule has 4 heterocycles. The highest BCUT2D eigenvalue weighted by Crippen LogP contribution is 2.29. The van der Waals surface area contributed by atoms with Crippen LogP contribution in [-0.2, 0) is 22.5 Å². The maximum absolute atomic E-state index is 13.2. The fourth-order valence-corrected chi connectivity index (χ4v) is 4.13. The number of anilines is 3. The summed E-state index contributed by atoms with van der Waals surface area (Å²) in [4.78, 5) is 48.9. The molecule has 0 aromatic carbocycles. The van der Waals surface area contributed by atoms with Gasteiger partial charge < -0.3 is 15.0 Å². The summed E-state index contributed by atoms with van der Waals surface area (Å²) in [6.45, 7) is 5.52. The van der Waals surface area contributed by atoms with Crippen LogP contribution in [0.1, 0.15) is 47.4 Å². The van der Waals surface area contributed by atoms with Gasteiger partial charge in [-0.1, -0.05) is 0 Å². The smallest absolute Gasteiger partial charge is 0.328 e. The Bertz CT molecular complexity index is 1190. The molecule has 0 saturated carbocycles. The van der Waals surface area contributed by atoms with E-state index in [4.69, 9.17) is 4.74 Å². The van der Waals surface area contributed by atoms with E-state index in [0.29, 0.717) is 60.9 Å². The number of nitrogens with one attached hydrogen (secondary N) is 2. The van der Waals surface area contributed by atoms with Gasteiger partial charge in [0.15, 0.2) is 6.29 Å². The van der Waals surface area contributed by atoms with Crippen LogP contribution >= 0.6 is 0 Å². The highest BCUT2D eigenvalue weighted by atomic mass is 16.5. The molecule has 35 heavy (non-hydrogen) atoms. The lowest BCUT2D eigenvalue weighted by Gasteiger charge is -2.30. The van der Waals surface area contributed by atoms with E-state index in [1.165, 1.54) is 11.1 Å². The number of rotatable bonds is 6. The molecule has 0 spiro atoms. The number of nitriles is 1. The van der Waals surface area contributed by atoms with E-state index in [-0.39, 0.29) is 30.8 Å². The lowest BCUT2D eigenvalue weighted by atomic mass is 10.0. The first-order valence-corrected chi connectivity index (χ1v) is 11.5. The van der Waals surface area contributed by atoms with Gasteiger partial charge in [-0.2, -0.15) is 5.26 Å². The van der Waals surface area contributed by atoms with Gasteiger partial charge in [-0.3, -0.25) is 19.8 Å². The van der Waals surface area contributed by atoms with Gasteiger partial charge in [0, 0.05) is 43.5 Å². The van der Waals surface area contributed by atoms with Gasteiger partial charge in [0.25, 0.3) is 0 Å². The van der Waals surface area contributed by atoms with Crippen LogP contribution in [0, 0.1) is 11.3 Å². The Labute approximate surface area is 203 Å². The number of aldehydes is 1. The van der Waals surface area contributed by atoms with Crippen LogP contribution in [0.25, 0.3) is 0 Å². The van der Waals surface area contributed by atoms with Crippen molar-refractivity contribution in [3.8, 4) is 6.07 Å². The van der Waals surface area contributed by atoms with E-state index < -0.39 is 6.03 Å². The van der Waals surface area contributed by atoms with Gasteiger partial charge in [-0.25, -0.2) is 14.8 Å². The Hall–Kier alpha value is -4.04. The predicted molar refractivity (Wildman–Crippen MR) is 128 cm³/mol. The molecule has 0 aliphatic carbocycles. The minimum Gasteiger partial charge on any atom is -0.382 e. The van der Waals surface area contributed by atoms with Crippen molar-refractivity contribution in [3.63, 3.8) is 0 Å². The van der Waals surface area contributed by atoms with Crippen LogP contribution in [0.2, 0.25) is 0 Å². The van der Waals surface area contributed by atoms with Crippen molar-refractivity contribution in [2.24, 2.45) is 0 Å². The number of morpholine rings is 1. The zero-order valence-electron chi connectivity index (χ0n) is 19.7. The van der Waals surface area contributed by atoms with Gasteiger partial charge >= 0.3 is 6.03 Å². The summed E-state index contributed by atoms with van der Waals surface area (Å²) in [7, 11) is 0. The van der Waals surface area contributed by atoms with E-state index in [1.807, 2.05) is 19.9 Å². The number of aryl methyl sites for hydroxylation is 1. The number of nitrogens with zero attached hydrogens (tertiary/aromatic N) is 5. The van der Waals surface area contributed by atoms with E-state index in [9.17, 15) is 19.6 Å². The van der Waals surface area contributed by atoms with Crippen molar-refractivity contribution >= 4 is 35.5 Å². The minimum absolute atomic E-state index is 0.0283. The molecule has 0 bridgehead atoms. The Morgan fingerprint density at radius 1 is 1.34 bits per heavy atom. The molecule has 0 radical (unpaired) electrons. The average Bonchev–Trinajstić information content (AvgIpc) is 2.84. The van der Waals surface area contributed by atoms with Crippen LogP contribution in [0.5, 0.6) is 0 Å². The van der Waals surface area contributed by atoms with Crippen LogP contribution in [0.3, 0.4) is 0 Å². The molecule has 2 aromatic heterocycles. The molecule has 3 amide bonds. The van der Waals surface area contributed by atoms with Crippen molar-refractivity contribution < 1.29 is 19.1 Å². The summed E-state index contributed by atoms with van der Waals surface area (Å²) in [5.41, 5.74) is 2.64. The molecule has 0 unspecified atom stereocenters. The van der Waals surface area contributed by atoms with Crippen molar-refractivity contribution in [3.05, 3.63) is 40.7 Å². The van der Waals surface area contributed by atoms with E-state index in [0.717, 1.165) is 12.0 Å². The van der Waals surface area contributed by atoms with Crippen LogP contribution < -0.4 is 15.5 Å². The summed E-state index contributed by atoms with van der Waals surface area (Å²) < 4.78 is 5.17. The number of hydrogen-bond acceptors (Lipinski definition) is 8. The Balaban J connectivity index is 1.57. The van der Waals surface area contributed by atoms with Crippen molar-refractivity contribution in [2.45, 2.75) is 39.3 Å². The molecule has 2 N–H and O–H groups in total. The van der Waals surface area contributed by atoms with Gasteiger partial charge in [-0.15, -0.1) is 0 Å². The Kier molecular flexibility index (Phi) is 7.22. The van der Waals surface area contributed by atoms with E-state index in [1.54, 1.807) is 11.0 Å². The zero-order chi connectivity index (χ0) is 24.9. The lowest BCUT2D eigenvalue weighted by Crippen LogP contribution is -2.42. The first-order valence-electron chi connectivity index (χ1n) is 11.5. The van der Waals surface area contributed by atoms with Crippen LogP contribution in [0.4, 0.5) is 22.1 Å². The summed E-state index contributed by atoms with van der Waals surface area (Å²) in [6.07, 6.45) is 3.48. The molecular weight excluding hydrogens is 450 g/mol. The lowest BCUT2D eigenvalue weighted by molar-refractivity contribution is -0.143. The van der Waals surface area contributed by atoms with Crippen molar-refractivity contribution in [1.82, 2.24) is 14.9 Å². The second-order valence-electron chi connectivity index (χ2n) is 8.71. The van der Waals surface area contributed by atoms with E-state index in [2.05, 4.69) is 26.7 Å². The largest absolute Gasteiger partial charge is 0.382 e. The summed E-state index contributed by atoms with van der Waals surface area (Å²) in [5, 5.41) is 15.3. The molecule has 182 valence electrons. The Morgan fingerprint density at radius 3 is 2.89 bits per heavy atom. The third kappa shape index (κ3) is 5.38. The molecule has 0 atom stereocenters. The molecule has 11 nitrogen and oxygen atoms in total. The van der Waals surface area contributed by atoms with Gasteiger partial charge in [-0.05, 0) is 38.3 Å². The molecule has 1 saturated heterocycles. The number of amides is 3. The number of urea groups is 1. The fraction of sp³-hybridized carbons (Fsp3) is 0.417. The van der Waals surface area contributed by atoms with Gasteiger partial charge in [0.2, 0.25) is 5.91 Å². The monoisotopic (exact) mass is 477 g/mol. The normalized spacial score (nSPS) is 15.4. The van der Waals surface area contributed by atoms with Gasteiger partial charge in [0.05, 0.1) is 17.9 Å². The second kappa shape index (κ2) is 10.5. The third-order valence-corrected chi connectivity index (χ3v) is 5.78. The number of carbonyl (C=O) groups excluding carboxylic acids is 3. The number of hydrogen-bond donors (Lipinski definition) is 2. The maximum Gasteiger partial charge on any atom is 0.328 e. The van der Waals surface area contributed by atoms with Crippen LogP contribution in [0.15, 0.2) is 18.3 Å². The summed E-state index contributed by atoms with van der Waals surface area (Å²) in [5.74, 6) is 0.581. The number of ether oxygens (including phenoxy) is 1. The summed E-state index contributed by atoms with van der Waals surface area (Å²) in [6, 6.07) is 5.23. The molecule has 2 aliphatic heterocycles. The highest BCUT2D eigenvalue weighted by Gasteiger charge is 2.27. The van der Waals surface area contributed by atoms with E-state index >= 15 is 0 Å². The Morgan fingerprint density at radius 2 is 2.17 bits per heavy atom. The molecule has 11 heteroatoms. The summed E-state index contributed by atoms with van der Waals surface area (Å²) >= 11 is 0. The zero-order valence-corrected chi connectivity index (χ0v) is 19.7. The number of pyridine rings is 2. The molecule has 1 fully saturated rings. The second-order valence-corrected chi connectivity index (χ2v) is 8.71. The fourth-order valence-electron chi connectivity index (χ4n) is 4.13. The molecular formula is C24H27N7O4. The average molecular weight is 478 g/mol. The first kappa shape index (κ1) is 24.1. The first-order chi connectivity index (χ1) is 16.9. The minimum atomic E-state index is -0.431. The van der Waals surface area contributed by atoms with Crippen molar-refractivity contribution in [2.75, 3.05) is 41.8 Å². The quantitative estimate of drug-likeness (QED) is 0.604. The third-order valence-electron chi connectivity index (χ3n) is 5.78. The standard InChI is InChI=1S/C24H27N7O4/c1-15(2)27-19-9-21(26-11-18(19)10-25)29-24(34)31-5-3-4-16-8-17(20(13-32)28-23(16)31)12-30-6-7-35-14-22(30)33/h8-9,11,13,15H,3-7,12,14H2,1-2H3,(H2,26,27,29,34). The predicted octanol–water partition coefficient (Wildman–Crippen LogP) is 2.32. The molecule has 2 aromatic rings. The highest BCUT2D eigenvalue weighted by molar-refractivity contribution is 6.01. The number of aromatic nitrogens is 2. The van der Waals surface area contributed by atoms with Crippen molar-refractivity contribution in [1.29, 1.82) is 5.26 Å². The van der Waals surface area contributed by atoms with Crippen LogP contribution in [-0.4, -0.2) is 65.4 Å².